The molecular formula is C49H97NO6. The first-order chi connectivity index (χ1) is 27.3. The first-order valence-corrected chi connectivity index (χ1v) is 24.5. The molecule has 4 atom stereocenters. The lowest BCUT2D eigenvalue weighted by Crippen LogP contribution is -2.38. The van der Waals surface area contributed by atoms with Crippen molar-refractivity contribution in [2.45, 2.75) is 245 Å². The number of aliphatic hydroxyl groups excluding tert-OH is 3. The molecule has 0 spiro atoms. The van der Waals surface area contributed by atoms with Crippen molar-refractivity contribution in [1.82, 2.24) is 4.90 Å². The van der Waals surface area contributed by atoms with Gasteiger partial charge in [-0.3, -0.25) is 9.69 Å². The Hall–Kier alpha value is -1.15. The Bertz CT molecular complexity index is 777. The number of hydrogen-bond donors (Lipinski definition) is 3. The summed E-state index contributed by atoms with van der Waals surface area (Å²) in [4.78, 5) is 15.2. The minimum atomic E-state index is -0.503. The molecule has 0 aliphatic carbocycles. The van der Waals surface area contributed by atoms with Crippen LogP contribution >= 0.6 is 0 Å². The Balaban J connectivity index is 4.61. The van der Waals surface area contributed by atoms with Crippen molar-refractivity contribution in [2.75, 3.05) is 39.5 Å². The van der Waals surface area contributed by atoms with Crippen LogP contribution in [0.15, 0.2) is 12.3 Å². The van der Waals surface area contributed by atoms with E-state index in [1.807, 2.05) is 0 Å². The molecule has 0 aromatic heterocycles. The lowest BCUT2D eigenvalue weighted by molar-refractivity contribution is -0.149. The summed E-state index contributed by atoms with van der Waals surface area (Å²) in [7, 11) is 0. The summed E-state index contributed by atoms with van der Waals surface area (Å²) in [6, 6.07) is 0. The van der Waals surface area contributed by atoms with Gasteiger partial charge in [-0.2, -0.15) is 0 Å². The van der Waals surface area contributed by atoms with Gasteiger partial charge in [0.05, 0.1) is 37.1 Å². The fourth-order valence-electron chi connectivity index (χ4n) is 7.88. The third-order valence-corrected chi connectivity index (χ3v) is 11.6. The largest absolute Gasteiger partial charge is 0.498 e. The molecule has 7 heteroatoms. The predicted octanol–water partition coefficient (Wildman–Crippen LogP) is 12.9. The highest BCUT2D eigenvalue weighted by molar-refractivity contribution is 5.72. The summed E-state index contributed by atoms with van der Waals surface area (Å²) in [6.07, 6.45) is 34.6. The topological polar surface area (TPSA) is 99.5 Å². The van der Waals surface area contributed by atoms with Gasteiger partial charge in [-0.1, -0.05) is 163 Å². The average molecular weight is 796 g/mol. The highest BCUT2D eigenvalue weighted by Crippen LogP contribution is 2.26. The van der Waals surface area contributed by atoms with Crippen LogP contribution in [0.5, 0.6) is 0 Å². The van der Waals surface area contributed by atoms with E-state index in [4.69, 9.17) is 9.47 Å². The minimum Gasteiger partial charge on any atom is -0.498 e. The van der Waals surface area contributed by atoms with Crippen molar-refractivity contribution >= 4 is 5.97 Å². The van der Waals surface area contributed by atoms with Crippen molar-refractivity contribution in [2.24, 2.45) is 11.8 Å². The molecule has 0 amide bonds. The number of rotatable bonds is 45. The molecular weight excluding hydrogens is 699 g/mol. The number of nitrogens with zero attached hydrogens (tertiary/aromatic N) is 1. The van der Waals surface area contributed by atoms with Crippen molar-refractivity contribution in [3.8, 4) is 0 Å². The second-order valence-corrected chi connectivity index (χ2v) is 17.2. The molecule has 56 heavy (non-hydrogen) atoms. The van der Waals surface area contributed by atoms with Crippen LogP contribution in [-0.2, 0) is 14.3 Å². The predicted molar refractivity (Wildman–Crippen MR) is 239 cm³/mol. The lowest BCUT2D eigenvalue weighted by atomic mass is 9.93. The van der Waals surface area contributed by atoms with Gasteiger partial charge in [-0.05, 0) is 83.6 Å². The number of carbonyl (C=O) groups is 1. The fraction of sp³-hybridized carbons (Fsp3) is 0.939. The number of ether oxygens (including phenoxy) is 2. The third-order valence-electron chi connectivity index (χ3n) is 11.6. The van der Waals surface area contributed by atoms with Crippen LogP contribution in [0.1, 0.15) is 233 Å². The molecule has 7 nitrogen and oxygen atoms in total. The number of esters is 1. The van der Waals surface area contributed by atoms with Gasteiger partial charge >= 0.3 is 5.97 Å². The molecule has 0 fully saturated rings. The molecule has 0 aliphatic heterocycles. The Morgan fingerprint density at radius 2 is 0.857 bits per heavy atom. The Morgan fingerprint density at radius 3 is 1.30 bits per heavy atom. The van der Waals surface area contributed by atoms with Gasteiger partial charge in [0.1, 0.15) is 0 Å². The van der Waals surface area contributed by atoms with Crippen molar-refractivity contribution in [3.63, 3.8) is 0 Å². The van der Waals surface area contributed by atoms with Gasteiger partial charge in [0, 0.05) is 25.6 Å². The zero-order valence-electron chi connectivity index (χ0n) is 37.9. The van der Waals surface area contributed by atoms with Crippen molar-refractivity contribution in [1.29, 1.82) is 0 Å². The molecule has 0 rings (SSSR count). The summed E-state index contributed by atoms with van der Waals surface area (Å²) >= 11 is 0. The maximum atomic E-state index is 13.0. The van der Waals surface area contributed by atoms with E-state index in [1.54, 1.807) is 0 Å². The molecule has 0 heterocycles. The van der Waals surface area contributed by atoms with E-state index in [1.165, 1.54) is 128 Å². The van der Waals surface area contributed by atoms with Crippen LogP contribution in [0.4, 0.5) is 0 Å². The van der Waals surface area contributed by atoms with Crippen LogP contribution in [0.2, 0.25) is 0 Å². The molecule has 0 aliphatic rings. The summed E-state index contributed by atoms with van der Waals surface area (Å²) in [5.41, 5.74) is 0. The van der Waals surface area contributed by atoms with Gasteiger partial charge in [0.2, 0.25) is 0 Å². The first kappa shape index (κ1) is 54.9. The van der Waals surface area contributed by atoms with Gasteiger partial charge in [0.15, 0.2) is 0 Å². The molecule has 0 saturated carbocycles. The quantitative estimate of drug-likeness (QED) is 0.0321. The summed E-state index contributed by atoms with van der Waals surface area (Å²) in [5.74, 6) is 1.41. The van der Waals surface area contributed by atoms with E-state index < -0.39 is 12.2 Å². The Kier molecular flexibility index (Phi) is 41.1. The zero-order valence-corrected chi connectivity index (χ0v) is 37.9. The monoisotopic (exact) mass is 796 g/mol. The minimum absolute atomic E-state index is 0.0201. The van der Waals surface area contributed by atoms with Gasteiger partial charge < -0.3 is 24.8 Å². The number of unbranched alkanes of at least 4 members (excludes halogenated alkanes) is 19. The lowest BCUT2D eigenvalue weighted by Gasteiger charge is -2.27. The standard InChI is InChI=1S/C49H97NO6/c1-6-10-14-18-20-24-33-45(32-22-16-12-8-3)44(5)55-40-30-26-36-47(52)42-50(38-28-29-39-51)43-48(53)37-27-31-41-56-49(54)46(34-23-17-13-9-4)35-25-21-19-15-11-7-2/h45-48,51-53H,5-43H2,1-4H3. The molecule has 0 bridgehead atoms. The second kappa shape index (κ2) is 42.0. The van der Waals surface area contributed by atoms with E-state index in [9.17, 15) is 20.1 Å². The number of aliphatic hydroxyl groups is 3. The average Bonchev–Trinajstić information content (AvgIpc) is 3.18. The highest BCUT2D eigenvalue weighted by Gasteiger charge is 2.20. The van der Waals surface area contributed by atoms with E-state index in [2.05, 4.69) is 39.2 Å². The molecule has 0 saturated heterocycles. The zero-order chi connectivity index (χ0) is 41.3. The second-order valence-electron chi connectivity index (χ2n) is 17.2. The summed E-state index contributed by atoms with van der Waals surface area (Å²) < 4.78 is 12.0. The Morgan fingerprint density at radius 1 is 0.482 bits per heavy atom. The van der Waals surface area contributed by atoms with Crippen LogP contribution in [0.25, 0.3) is 0 Å². The van der Waals surface area contributed by atoms with Gasteiger partial charge in [-0.15, -0.1) is 0 Å². The first-order valence-electron chi connectivity index (χ1n) is 24.5. The Labute approximate surface area is 348 Å². The van der Waals surface area contributed by atoms with Crippen LogP contribution in [0, 0.1) is 11.8 Å². The fourth-order valence-corrected chi connectivity index (χ4v) is 7.88. The molecule has 0 aromatic carbocycles. The van der Waals surface area contributed by atoms with Crippen molar-refractivity contribution in [3.05, 3.63) is 12.3 Å². The van der Waals surface area contributed by atoms with E-state index in [0.29, 0.717) is 51.5 Å². The van der Waals surface area contributed by atoms with E-state index in [-0.39, 0.29) is 18.5 Å². The summed E-state index contributed by atoms with van der Waals surface area (Å²) in [5, 5.41) is 31.2. The third kappa shape index (κ3) is 34.9. The van der Waals surface area contributed by atoms with Crippen molar-refractivity contribution < 1.29 is 29.6 Å². The van der Waals surface area contributed by atoms with E-state index in [0.717, 1.165) is 70.1 Å². The van der Waals surface area contributed by atoms with Crippen LogP contribution < -0.4 is 0 Å². The smallest absolute Gasteiger partial charge is 0.308 e. The maximum absolute atomic E-state index is 13.0. The summed E-state index contributed by atoms with van der Waals surface area (Å²) in [6.45, 7) is 16.3. The molecule has 3 N–H and O–H groups in total. The molecule has 334 valence electrons. The van der Waals surface area contributed by atoms with Gasteiger partial charge in [0.25, 0.3) is 0 Å². The molecule has 0 aromatic rings. The maximum Gasteiger partial charge on any atom is 0.308 e. The van der Waals surface area contributed by atoms with Crippen LogP contribution in [0.3, 0.4) is 0 Å². The SMILES string of the molecule is C=C(OCCCCC(O)CN(CCCCO)CC(O)CCCCOC(=O)C(CCCCCC)CCCCCCCC)C(CCCCCC)CCCCCCCC. The number of hydrogen-bond acceptors (Lipinski definition) is 7. The number of allylic oxidation sites excluding steroid dienone is 1. The van der Waals surface area contributed by atoms with Crippen LogP contribution in [-0.4, -0.2) is 77.9 Å². The highest BCUT2D eigenvalue weighted by atomic mass is 16.5. The number of carbonyl (C=O) groups excluding carboxylic acids is 1. The van der Waals surface area contributed by atoms with Gasteiger partial charge in [-0.25, -0.2) is 0 Å². The van der Waals surface area contributed by atoms with E-state index >= 15 is 0 Å². The molecule has 0 radical (unpaired) electrons. The normalized spacial score (nSPS) is 13.9. The molecule has 4 unspecified atom stereocenters.